The van der Waals surface area contributed by atoms with Gasteiger partial charge in [0.2, 0.25) is 10.0 Å². The number of nitrogens with zero attached hydrogens (tertiary/aromatic N) is 1. The van der Waals surface area contributed by atoms with Crippen molar-refractivity contribution in [3.05, 3.63) is 35.9 Å². The Morgan fingerprint density at radius 3 is 2.50 bits per heavy atom. The van der Waals surface area contributed by atoms with Crippen LogP contribution in [0.5, 0.6) is 0 Å². The van der Waals surface area contributed by atoms with Gasteiger partial charge in [0.25, 0.3) is 0 Å². The quantitative estimate of drug-likeness (QED) is 0.840. The number of benzene rings is 1. The van der Waals surface area contributed by atoms with Crippen molar-refractivity contribution in [1.82, 2.24) is 4.31 Å². The van der Waals surface area contributed by atoms with Crippen LogP contribution in [0.25, 0.3) is 0 Å². The standard InChI is InChI=1S/C14H21NO4S/c1-20(17,18)15-7-13(9-16)14(8-15)11-19-10-12-5-3-2-4-6-12/h2-6,13-14,16H,7-11H2,1H3. The minimum Gasteiger partial charge on any atom is -0.396 e. The molecule has 2 rings (SSSR count). The summed E-state index contributed by atoms with van der Waals surface area (Å²) in [5, 5.41) is 9.36. The lowest BCUT2D eigenvalue weighted by molar-refractivity contribution is 0.0667. The lowest BCUT2D eigenvalue weighted by Crippen LogP contribution is -2.28. The maximum atomic E-state index is 11.5. The van der Waals surface area contributed by atoms with Crippen molar-refractivity contribution in [2.45, 2.75) is 6.61 Å². The summed E-state index contributed by atoms with van der Waals surface area (Å²) in [6.45, 7) is 1.78. The van der Waals surface area contributed by atoms with Gasteiger partial charge in [-0.2, -0.15) is 0 Å². The molecule has 6 heteroatoms. The predicted molar refractivity (Wildman–Crippen MR) is 76.6 cm³/mol. The predicted octanol–water partition coefficient (Wildman–Crippen LogP) is 0.703. The molecule has 1 aliphatic heterocycles. The van der Waals surface area contributed by atoms with Crippen LogP contribution in [0, 0.1) is 11.8 Å². The molecule has 1 aliphatic rings. The van der Waals surface area contributed by atoms with E-state index in [4.69, 9.17) is 4.74 Å². The van der Waals surface area contributed by atoms with E-state index in [9.17, 15) is 13.5 Å². The van der Waals surface area contributed by atoms with Crippen LogP contribution in [0.15, 0.2) is 30.3 Å². The summed E-state index contributed by atoms with van der Waals surface area (Å²) < 4.78 is 30.2. The monoisotopic (exact) mass is 299 g/mol. The van der Waals surface area contributed by atoms with Gasteiger partial charge in [-0.05, 0) is 5.56 Å². The largest absolute Gasteiger partial charge is 0.396 e. The Balaban J connectivity index is 1.86. The average molecular weight is 299 g/mol. The van der Waals surface area contributed by atoms with Gasteiger partial charge in [0.1, 0.15) is 0 Å². The van der Waals surface area contributed by atoms with Crippen LogP contribution in [-0.2, 0) is 21.4 Å². The molecule has 2 atom stereocenters. The van der Waals surface area contributed by atoms with Gasteiger partial charge in [0.15, 0.2) is 0 Å². The Hall–Kier alpha value is -0.950. The Kier molecular flexibility index (Phi) is 5.15. The molecule has 1 aromatic rings. The highest BCUT2D eigenvalue weighted by atomic mass is 32.2. The third-order valence-electron chi connectivity index (χ3n) is 3.69. The molecule has 112 valence electrons. The molecule has 1 aromatic carbocycles. The van der Waals surface area contributed by atoms with Crippen LogP contribution in [0.2, 0.25) is 0 Å². The number of ether oxygens (including phenoxy) is 1. The van der Waals surface area contributed by atoms with E-state index < -0.39 is 10.0 Å². The summed E-state index contributed by atoms with van der Waals surface area (Å²) in [6, 6.07) is 9.83. The summed E-state index contributed by atoms with van der Waals surface area (Å²) in [6.07, 6.45) is 1.20. The molecule has 0 aliphatic carbocycles. The first-order valence-electron chi connectivity index (χ1n) is 6.68. The van der Waals surface area contributed by atoms with Gasteiger partial charge in [-0.15, -0.1) is 0 Å². The van der Waals surface area contributed by atoms with Crippen LogP contribution >= 0.6 is 0 Å². The summed E-state index contributed by atoms with van der Waals surface area (Å²) in [5.41, 5.74) is 1.09. The molecule has 0 amide bonds. The third-order valence-corrected chi connectivity index (χ3v) is 4.93. The van der Waals surface area contributed by atoms with Crippen molar-refractivity contribution in [3.8, 4) is 0 Å². The molecule has 0 aromatic heterocycles. The van der Waals surface area contributed by atoms with Gasteiger partial charge in [-0.3, -0.25) is 0 Å². The zero-order valence-electron chi connectivity index (χ0n) is 11.6. The van der Waals surface area contributed by atoms with Crippen molar-refractivity contribution < 1.29 is 18.3 Å². The van der Waals surface area contributed by atoms with E-state index in [1.54, 1.807) is 0 Å². The zero-order valence-corrected chi connectivity index (χ0v) is 12.4. The van der Waals surface area contributed by atoms with Crippen LogP contribution in [0.4, 0.5) is 0 Å². The Morgan fingerprint density at radius 1 is 1.25 bits per heavy atom. The van der Waals surface area contributed by atoms with Gasteiger partial charge < -0.3 is 9.84 Å². The normalized spacial score (nSPS) is 24.1. The number of sulfonamides is 1. The molecule has 20 heavy (non-hydrogen) atoms. The van der Waals surface area contributed by atoms with E-state index >= 15 is 0 Å². The summed E-state index contributed by atoms with van der Waals surface area (Å²) in [7, 11) is -3.19. The van der Waals surface area contributed by atoms with Gasteiger partial charge in [-0.25, -0.2) is 12.7 Å². The highest BCUT2D eigenvalue weighted by Gasteiger charge is 2.36. The van der Waals surface area contributed by atoms with Crippen molar-refractivity contribution in [1.29, 1.82) is 0 Å². The first-order chi connectivity index (χ1) is 9.50. The molecule has 0 bridgehead atoms. The van der Waals surface area contributed by atoms with Crippen LogP contribution < -0.4 is 0 Å². The molecule has 5 nitrogen and oxygen atoms in total. The zero-order chi connectivity index (χ0) is 14.6. The molecule has 1 fully saturated rings. The van der Waals surface area contributed by atoms with Crippen molar-refractivity contribution in [3.63, 3.8) is 0 Å². The van der Waals surface area contributed by atoms with E-state index in [0.29, 0.717) is 26.3 Å². The molecule has 0 saturated carbocycles. The second kappa shape index (κ2) is 6.67. The molecule has 0 spiro atoms. The fourth-order valence-corrected chi connectivity index (χ4v) is 3.39. The van der Waals surface area contributed by atoms with Crippen molar-refractivity contribution in [2.24, 2.45) is 11.8 Å². The maximum absolute atomic E-state index is 11.5. The lowest BCUT2D eigenvalue weighted by Gasteiger charge is -2.16. The Morgan fingerprint density at radius 2 is 1.90 bits per heavy atom. The number of hydrogen-bond acceptors (Lipinski definition) is 4. The summed E-state index contributed by atoms with van der Waals surface area (Å²) >= 11 is 0. The van der Waals surface area contributed by atoms with Crippen molar-refractivity contribution in [2.75, 3.05) is 32.6 Å². The topological polar surface area (TPSA) is 66.8 Å². The van der Waals surface area contributed by atoms with E-state index in [0.717, 1.165) is 5.56 Å². The van der Waals surface area contributed by atoms with Crippen LogP contribution in [-0.4, -0.2) is 50.4 Å². The minimum absolute atomic E-state index is 0.00855. The minimum atomic E-state index is -3.19. The molecule has 0 radical (unpaired) electrons. The second-order valence-electron chi connectivity index (χ2n) is 5.28. The summed E-state index contributed by atoms with van der Waals surface area (Å²) in [4.78, 5) is 0. The smallest absolute Gasteiger partial charge is 0.211 e. The van der Waals surface area contributed by atoms with E-state index in [-0.39, 0.29) is 18.4 Å². The maximum Gasteiger partial charge on any atom is 0.211 e. The first-order valence-corrected chi connectivity index (χ1v) is 8.53. The van der Waals surface area contributed by atoms with Crippen LogP contribution in [0.3, 0.4) is 0 Å². The molecular formula is C14H21NO4S. The number of rotatable bonds is 6. The highest BCUT2D eigenvalue weighted by Crippen LogP contribution is 2.25. The van der Waals surface area contributed by atoms with E-state index in [1.807, 2.05) is 30.3 Å². The fraction of sp³-hybridized carbons (Fsp3) is 0.571. The van der Waals surface area contributed by atoms with Gasteiger partial charge in [-0.1, -0.05) is 30.3 Å². The lowest BCUT2D eigenvalue weighted by atomic mass is 9.98. The first kappa shape index (κ1) is 15.4. The fourth-order valence-electron chi connectivity index (χ4n) is 2.46. The van der Waals surface area contributed by atoms with Gasteiger partial charge in [0.05, 0.1) is 19.5 Å². The third kappa shape index (κ3) is 4.02. The second-order valence-corrected chi connectivity index (χ2v) is 7.27. The number of aliphatic hydroxyl groups excluding tert-OH is 1. The molecule has 1 heterocycles. The number of hydrogen-bond donors (Lipinski definition) is 1. The van der Waals surface area contributed by atoms with Crippen LogP contribution in [0.1, 0.15) is 5.56 Å². The van der Waals surface area contributed by atoms with Crippen molar-refractivity contribution >= 4 is 10.0 Å². The van der Waals surface area contributed by atoms with Gasteiger partial charge >= 0.3 is 0 Å². The average Bonchev–Trinajstić information content (AvgIpc) is 2.83. The molecular weight excluding hydrogens is 278 g/mol. The van der Waals surface area contributed by atoms with E-state index in [2.05, 4.69) is 0 Å². The molecule has 1 N–H and O–H groups in total. The Labute approximate surface area is 120 Å². The highest BCUT2D eigenvalue weighted by molar-refractivity contribution is 7.88. The SMILES string of the molecule is CS(=O)(=O)N1CC(CO)C(COCc2ccccc2)C1. The summed E-state index contributed by atoms with van der Waals surface area (Å²) in [5.74, 6) is 0.0129. The molecule has 2 unspecified atom stereocenters. The van der Waals surface area contributed by atoms with Gasteiger partial charge in [0, 0.05) is 31.5 Å². The number of aliphatic hydroxyl groups is 1. The van der Waals surface area contributed by atoms with E-state index in [1.165, 1.54) is 10.6 Å². The Bertz CT molecular complexity index is 517. The molecule has 1 saturated heterocycles.